The van der Waals surface area contributed by atoms with Crippen LogP contribution in [0.3, 0.4) is 0 Å². The minimum absolute atomic E-state index is 0.0455. The predicted molar refractivity (Wildman–Crippen MR) is 109 cm³/mol. The molecule has 150 valence electrons. The smallest absolute Gasteiger partial charge is 0.332 e. The van der Waals surface area contributed by atoms with Crippen molar-refractivity contribution in [1.29, 1.82) is 0 Å². The number of aliphatic hydroxyl groups is 1. The van der Waals surface area contributed by atoms with Gasteiger partial charge in [-0.15, -0.1) is 5.73 Å². The van der Waals surface area contributed by atoms with Gasteiger partial charge in [0, 0.05) is 24.8 Å². The number of Topliss-reactive ketones (excluding diaryl/α,β-unsaturated/α-hetero) is 1. The van der Waals surface area contributed by atoms with Gasteiger partial charge in [-0.3, -0.25) is 4.79 Å². The molecule has 0 saturated carbocycles. The molecule has 2 N–H and O–H groups in total. The van der Waals surface area contributed by atoms with Gasteiger partial charge in [-0.05, 0) is 43.4 Å². The average Bonchev–Trinajstić information content (AvgIpc) is 2.97. The van der Waals surface area contributed by atoms with Crippen molar-refractivity contribution in [1.82, 2.24) is 0 Å². The van der Waals surface area contributed by atoms with E-state index in [1.807, 2.05) is 0 Å². The molecule has 4 heteroatoms. The van der Waals surface area contributed by atoms with Gasteiger partial charge in [0.05, 0.1) is 0 Å². The maximum absolute atomic E-state index is 12.1. The molecule has 27 heavy (non-hydrogen) atoms. The molecule has 0 aliphatic heterocycles. The molecule has 4 nitrogen and oxygen atoms in total. The van der Waals surface area contributed by atoms with Gasteiger partial charge in [-0.2, -0.15) is 0 Å². The van der Waals surface area contributed by atoms with E-state index < -0.39 is 12.1 Å². The number of hydrogen-bond donors (Lipinski definition) is 2. The Bertz CT molecular complexity index is 618. The number of carboxylic acids is 1. The highest BCUT2D eigenvalue weighted by molar-refractivity contribution is 5.99. The highest BCUT2D eigenvalue weighted by atomic mass is 16.4. The van der Waals surface area contributed by atoms with Crippen LogP contribution < -0.4 is 0 Å². The summed E-state index contributed by atoms with van der Waals surface area (Å²) in [6.07, 6.45) is 15.3. The number of carboxylic acid groups (broad SMARTS) is 1. The Morgan fingerprint density at radius 1 is 1.19 bits per heavy atom. The lowest BCUT2D eigenvalue weighted by Crippen LogP contribution is -2.19. The number of aliphatic hydroxyl groups excluding tert-OH is 1. The van der Waals surface area contributed by atoms with Crippen molar-refractivity contribution in [3.8, 4) is 0 Å². The number of carbonyl (C=O) groups is 2. The first kappa shape index (κ1) is 23.1. The molecule has 1 aliphatic carbocycles. The lowest BCUT2D eigenvalue weighted by atomic mass is 10.0. The number of unbranched alkanes of at least 4 members (excludes halogenated alkanes) is 6. The van der Waals surface area contributed by atoms with E-state index in [0.717, 1.165) is 24.0 Å². The highest BCUT2D eigenvalue weighted by Gasteiger charge is 2.20. The molecule has 0 aromatic rings. The topological polar surface area (TPSA) is 74.6 Å². The molecular formula is C23H34O4. The van der Waals surface area contributed by atoms with Gasteiger partial charge in [0.15, 0.2) is 11.9 Å². The quantitative estimate of drug-likeness (QED) is 0.340. The number of rotatable bonds is 13. The summed E-state index contributed by atoms with van der Waals surface area (Å²) in [5.74, 6) is -1.04. The van der Waals surface area contributed by atoms with E-state index in [-0.39, 0.29) is 12.2 Å². The van der Waals surface area contributed by atoms with Crippen molar-refractivity contribution < 1.29 is 19.8 Å². The van der Waals surface area contributed by atoms with Crippen molar-refractivity contribution in [2.75, 3.05) is 0 Å². The minimum Gasteiger partial charge on any atom is -0.479 e. The lowest BCUT2D eigenvalue weighted by molar-refractivity contribution is -0.146. The summed E-state index contributed by atoms with van der Waals surface area (Å²) in [5, 5.41) is 18.1. The number of carbonyl (C=O) groups excluding carboxylic acids is 1. The van der Waals surface area contributed by atoms with Crippen molar-refractivity contribution in [3.05, 3.63) is 40.7 Å². The molecule has 1 aliphatic rings. The van der Waals surface area contributed by atoms with E-state index in [2.05, 4.69) is 24.8 Å². The standard InChI is InChI=1S/C23H34O4/c1-3-4-5-6-7-8-9-10-13-19-15-16-21(24)20(19)14-11-12-18(2)17-22(25)23(26)27/h10-11,13,22,25H,3-9,14-17H2,1-2H3,(H,26,27)/b13-10+. The summed E-state index contributed by atoms with van der Waals surface area (Å²) in [6, 6.07) is 0. The van der Waals surface area contributed by atoms with Gasteiger partial charge in [-0.1, -0.05) is 51.2 Å². The summed E-state index contributed by atoms with van der Waals surface area (Å²) >= 11 is 0. The Morgan fingerprint density at radius 2 is 1.89 bits per heavy atom. The first-order valence-corrected chi connectivity index (χ1v) is 10.2. The van der Waals surface area contributed by atoms with Crippen LogP contribution in [-0.4, -0.2) is 28.1 Å². The molecule has 0 amide bonds. The van der Waals surface area contributed by atoms with Crippen LogP contribution in [0.25, 0.3) is 0 Å². The Morgan fingerprint density at radius 3 is 2.59 bits per heavy atom. The molecule has 0 bridgehead atoms. The van der Waals surface area contributed by atoms with E-state index in [1.54, 1.807) is 13.0 Å². The number of aliphatic carboxylic acids is 1. The predicted octanol–water partition coefficient (Wildman–Crippen LogP) is 5.28. The molecular weight excluding hydrogens is 340 g/mol. The van der Waals surface area contributed by atoms with Crippen LogP contribution in [0.2, 0.25) is 0 Å². The SMILES string of the molecule is CCCCCCCC/C=C/C1=C(CC=C=C(C)CC(O)C(=O)O)C(=O)CC1. The van der Waals surface area contributed by atoms with Crippen LogP contribution in [0.15, 0.2) is 40.7 Å². The first-order valence-electron chi connectivity index (χ1n) is 10.2. The molecule has 0 radical (unpaired) electrons. The summed E-state index contributed by atoms with van der Waals surface area (Å²) < 4.78 is 0. The van der Waals surface area contributed by atoms with Crippen molar-refractivity contribution >= 4 is 11.8 Å². The number of hydrogen-bond acceptors (Lipinski definition) is 3. The molecule has 0 fully saturated rings. The lowest BCUT2D eigenvalue weighted by Gasteiger charge is -2.03. The van der Waals surface area contributed by atoms with Crippen LogP contribution in [0.5, 0.6) is 0 Å². The van der Waals surface area contributed by atoms with E-state index in [4.69, 9.17) is 5.11 Å². The molecule has 0 aromatic carbocycles. The van der Waals surface area contributed by atoms with E-state index in [1.165, 1.54) is 38.5 Å². The average molecular weight is 375 g/mol. The molecule has 1 atom stereocenters. The van der Waals surface area contributed by atoms with Crippen LogP contribution in [-0.2, 0) is 9.59 Å². The maximum Gasteiger partial charge on any atom is 0.332 e. The zero-order valence-electron chi connectivity index (χ0n) is 16.8. The molecule has 0 heterocycles. The maximum atomic E-state index is 12.1. The molecule has 0 aromatic heterocycles. The van der Waals surface area contributed by atoms with Gasteiger partial charge < -0.3 is 10.2 Å². The molecule has 1 rings (SSSR count). The van der Waals surface area contributed by atoms with E-state index in [9.17, 15) is 14.7 Å². The summed E-state index contributed by atoms with van der Waals surface area (Å²) in [4.78, 5) is 22.8. The zero-order valence-corrected chi connectivity index (χ0v) is 16.8. The monoisotopic (exact) mass is 374 g/mol. The Labute approximate surface area is 163 Å². The van der Waals surface area contributed by atoms with Crippen molar-refractivity contribution in [3.63, 3.8) is 0 Å². The fourth-order valence-electron chi connectivity index (χ4n) is 3.19. The summed E-state index contributed by atoms with van der Waals surface area (Å²) in [6.45, 7) is 3.96. The largest absolute Gasteiger partial charge is 0.479 e. The highest BCUT2D eigenvalue weighted by Crippen LogP contribution is 2.27. The second-order valence-electron chi connectivity index (χ2n) is 7.28. The summed E-state index contributed by atoms with van der Waals surface area (Å²) in [7, 11) is 0. The molecule has 1 unspecified atom stereocenters. The first-order chi connectivity index (χ1) is 13.0. The molecule has 0 spiro atoms. The van der Waals surface area contributed by atoms with Gasteiger partial charge in [0.25, 0.3) is 0 Å². The summed E-state index contributed by atoms with van der Waals surface area (Å²) in [5.41, 5.74) is 5.62. The van der Waals surface area contributed by atoms with Crippen molar-refractivity contribution in [2.24, 2.45) is 0 Å². The Balaban J connectivity index is 2.52. The fourth-order valence-corrected chi connectivity index (χ4v) is 3.19. The van der Waals surface area contributed by atoms with Gasteiger partial charge in [-0.25, -0.2) is 4.79 Å². The minimum atomic E-state index is -1.40. The van der Waals surface area contributed by atoms with E-state index in [0.29, 0.717) is 18.4 Å². The molecule has 0 saturated heterocycles. The fraction of sp³-hybridized carbons (Fsp3) is 0.609. The third-order valence-electron chi connectivity index (χ3n) is 4.83. The van der Waals surface area contributed by atoms with Crippen molar-refractivity contribution in [2.45, 2.75) is 90.6 Å². The second kappa shape index (κ2) is 13.3. The Hall–Kier alpha value is -1.90. The zero-order chi connectivity index (χ0) is 20.1. The normalized spacial score (nSPS) is 15.3. The van der Waals surface area contributed by atoms with Gasteiger partial charge in [0.2, 0.25) is 0 Å². The Kier molecular flexibility index (Phi) is 11.4. The van der Waals surface area contributed by atoms with Crippen LogP contribution in [0, 0.1) is 0 Å². The third kappa shape index (κ3) is 9.55. The van der Waals surface area contributed by atoms with Gasteiger partial charge in [0.1, 0.15) is 0 Å². The van der Waals surface area contributed by atoms with Crippen LogP contribution >= 0.6 is 0 Å². The number of allylic oxidation sites excluding steroid dienone is 4. The van der Waals surface area contributed by atoms with Gasteiger partial charge >= 0.3 is 5.97 Å². The van der Waals surface area contributed by atoms with Crippen LogP contribution in [0.1, 0.15) is 84.5 Å². The van der Waals surface area contributed by atoms with E-state index >= 15 is 0 Å². The number of ketones is 1. The van der Waals surface area contributed by atoms with Crippen LogP contribution in [0.4, 0.5) is 0 Å². The third-order valence-corrected chi connectivity index (χ3v) is 4.83. The second-order valence-corrected chi connectivity index (χ2v) is 7.28.